The first kappa shape index (κ1) is 63.1. The average molecular weight is 1160 g/mol. The van der Waals surface area contributed by atoms with Crippen LogP contribution in [0.5, 0.6) is 0 Å². The molecule has 0 aliphatic rings. The Balaban J connectivity index is 1.83. The number of carbonyl (C=O) groups excluding carboxylic acids is 6. The number of thioether (sulfide) groups is 3. The lowest BCUT2D eigenvalue weighted by Gasteiger charge is -2.31. The van der Waals surface area contributed by atoms with Gasteiger partial charge in [-0.3, -0.25) is 27.2 Å². The van der Waals surface area contributed by atoms with Crippen molar-refractivity contribution in [3.63, 3.8) is 0 Å². The molecule has 24 nitrogen and oxygen atoms in total. The fourth-order valence-electron chi connectivity index (χ4n) is 5.08. The summed E-state index contributed by atoms with van der Waals surface area (Å²) in [6, 6.07) is 16.5. The lowest BCUT2D eigenvalue weighted by atomic mass is 9.88. The van der Waals surface area contributed by atoms with E-state index in [0.717, 1.165) is 16.7 Å². The number of rotatable bonds is 25. The molecule has 0 amide bonds. The third-order valence-electron chi connectivity index (χ3n) is 9.28. The van der Waals surface area contributed by atoms with Crippen LogP contribution in [-0.2, 0) is 100 Å². The molecule has 0 unspecified atom stereocenters. The summed E-state index contributed by atoms with van der Waals surface area (Å²) in [5.74, 6) is -8.67. The Morgan fingerprint density at radius 1 is 0.413 bits per heavy atom. The largest absolute Gasteiger partial charge is 0.464 e. The molecule has 0 atom stereocenters. The van der Waals surface area contributed by atoms with Crippen LogP contribution in [0.2, 0.25) is 0 Å². The minimum atomic E-state index is -4.52. The molecule has 3 aromatic rings. The zero-order chi connectivity index (χ0) is 55.8. The molecular weight excluding hydrogens is 1110 g/mol. The Bertz CT molecular complexity index is 2600. The van der Waals surface area contributed by atoms with Crippen molar-refractivity contribution in [1.82, 2.24) is 0 Å². The van der Waals surface area contributed by atoms with Gasteiger partial charge >= 0.3 is 66.2 Å². The molecule has 0 spiro atoms. The molecule has 0 fully saturated rings. The minimum Gasteiger partial charge on any atom is -0.464 e. The topological polar surface area (TPSA) is 325 Å². The van der Waals surface area contributed by atoms with E-state index in [1.54, 1.807) is 27.7 Å². The van der Waals surface area contributed by atoms with E-state index in [1.165, 1.54) is 93.6 Å². The predicted molar refractivity (Wildman–Crippen MR) is 274 cm³/mol. The number of carbonyl (C=O) groups is 6. The lowest BCUT2D eigenvalue weighted by molar-refractivity contribution is -0.159. The first-order valence-electron chi connectivity index (χ1n) is 22.0. The molecule has 0 heterocycles. The maximum atomic E-state index is 13.2. The quantitative estimate of drug-likeness (QED) is 0.0355. The molecule has 0 aliphatic carbocycles. The van der Waals surface area contributed by atoms with E-state index < -0.39 is 124 Å². The van der Waals surface area contributed by atoms with Crippen molar-refractivity contribution in [2.24, 2.45) is 20.9 Å². The summed E-state index contributed by atoms with van der Waals surface area (Å²) < 4.78 is 122. The van der Waals surface area contributed by atoms with Gasteiger partial charge in [0, 0.05) is 0 Å². The van der Waals surface area contributed by atoms with E-state index in [-0.39, 0.29) is 40.9 Å². The highest BCUT2D eigenvalue weighted by atomic mass is 32.2. The third kappa shape index (κ3) is 21.5. The minimum absolute atomic E-state index is 0.0605. The second kappa shape index (κ2) is 30.4. The summed E-state index contributed by atoms with van der Waals surface area (Å²) in [4.78, 5) is 77.0. The first-order valence-corrected chi connectivity index (χ1v) is 29.2. The normalized spacial score (nSPS) is 12.4. The molecule has 75 heavy (non-hydrogen) atoms. The van der Waals surface area contributed by atoms with Crippen molar-refractivity contribution < 1.29 is 95.3 Å². The van der Waals surface area contributed by atoms with Crippen LogP contribution in [-0.4, -0.2) is 133 Å². The van der Waals surface area contributed by atoms with Crippen LogP contribution in [0.15, 0.2) is 103 Å². The van der Waals surface area contributed by atoms with E-state index in [4.69, 9.17) is 41.3 Å². The maximum absolute atomic E-state index is 13.2. The fourth-order valence-corrected chi connectivity index (χ4v) is 9.22. The zero-order valence-corrected chi connectivity index (χ0v) is 46.3. The Morgan fingerprint density at radius 2 is 0.653 bits per heavy atom. The zero-order valence-electron chi connectivity index (χ0n) is 41.4. The summed E-state index contributed by atoms with van der Waals surface area (Å²) >= 11 is 1.17. The maximum Gasteiger partial charge on any atom is 0.367 e. The summed E-state index contributed by atoms with van der Waals surface area (Å²) in [7, 11) is -13.6. The van der Waals surface area contributed by atoms with Crippen LogP contribution in [0.1, 0.15) is 50.8 Å². The van der Waals surface area contributed by atoms with Crippen molar-refractivity contribution in [3.05, 3.63) is 89.5 Å². The molecule has 410 valence electrons. The van der Waals surface area contributed by atoms with Gasteiger partial charge in [-0.05, 0) is 84.4 Å². The van der Waals surface area contributed by atoms with Crippen LogP contribution in [0.4, 0.5) is 0 Å². The smallest absolute Gasteiger partial charge is 0.367 e. The van der Waals surface area contributed by atoms with E-state index in [1.807, 2.05) is 0 Å². The number of ether oxygens (including phenoxy) is 6. The molecule has 0 saturated carbocycles. The van der Waals surface area contributed by atoms with Crippen molar-refractivity contribution in [1.29, 1.82) is 0 Å². The number of benzene rings is 3. The standard InChI is InChI=1S/C45H53N3O21S6/c1-8-45(27-64-36(49)24-70-39(42(52)61-9-2)46-67-73(55,56)33-18-12-30(5)13-19-33,28-65-37(50)25-71-40(43(53)62-10-3)47-68-74(57,58)34-20-14-31(6)15-21-34)29-66-38(51)26-72-41(44(54)63-11-4)48-69-75(59,60)35-22-16-32(7)17-23-35/h12-23H,8-11,24-29H2,1-7H3/b46-39-,47-40-,48-41-. The summed E-state index contributed by atoms with van der Waals surface area (Å²) in [6.45, 7) is 8.64. The molecule has 3 aromatic carbocycles. The van der Waals surface area contributed by atoms with Crippen LogP contribution < -0.4 is 0 Å². The van der Waals surface area contributed by atoms with Gasteiger partial charge in [0.1, 0.15) is 34.5 Å². The second-order valence-corrected chi connectivity index (χ2v) is 22.6. The fraction of sp³-hybridized carbons (Fsp3) is 0.400. The molecule has 0 aromatic heterocycles. The van der Waals surface area contributed by atoms with Crippen LogP contribution in [0.3, 0.4) is 0 Å². The Kier molecular flexibility index (Phi) is 25.5. The van der Waals surface area contributed by atoms with Gasteiger partial charge in [0.25, 0.3) is 0 Å². The third-order valence-corrected chi connectivity index (χ3v) is 15.3. The van der Waals surface area contributed by atoms with Gasteiger partial charge in [0.15, 0.2) is 0 Å². The monoisotopic (exact) mass is 1160 g/mol. The molecule has 0 N–H and O–H groups in total. The number of hydrogen-bond acceptors (Lipinski definition) is 27. The number of oxime groups is 3. The summed E-state index contributed by atoms with van der Waals surface area (Å²) in [5, 5.41) is 8.24. The van der Waals surface area contributed by atoms with Gasteiger partial charge in [-0.15, -0.1) is 0 Å². The number of hydrogen-bond donors (Lipinski definition) is 0. The lowest BCUT2D eigenvalue weighted by Crippen LogP contribution is -2.39. The second-order valence-electron chi connectivity index (χ2n) is 15.1. The highest BCUT2D eigenvalue weighted by Crippen LogP contribution is 2.26. The van der Waals surface area contributed by atoms with E-state index in [0.29, 0.717) is 35.3 Å². The number of esters is 6. The van der Waals surface area contributed by atoms with E-state index in [9.17, 15) is 54.0 Å². The molecule has 0 aliphatic heterocycles. The molecule has 0 radical (unpaired) electrons. The van der Waals surface area contributed by atoms with Crippen molar-refractivity contribution in [2.45, 2.75) is 69.6 Å². The molecular formula is C45H53N3O21S6. The molecule has 30 heteroatoms. The Hall–Kier alpha value is -6.21. The van der Waals surface area contributed by atoms with Gasteiger partial charge in [-0.25, -0.2) is 14.4 Å². The van der Waals surface area contributed by atoms with Crippen molar-refractivity contribution in [3.8, 4) is 0 Å². The van der Waals surface area contributed by atoms with Gasteiger partial charge in [-0.1, -0.05) is 111 Å². The first-order chi connectivity index (χ1) is 35.4. The van der Waals surface area contributed by atoms with E-state index >= 15 is 0 Å². The van der Waals surface area contributed by atoms with Gasteiger partial charge < -0.3 is 28.4 Å². The summed E-state index contributed by atoms with van der Waals surface area (Å²) in [5.41, 5.74) is 0.676. The van der Waals surface area contributed by atoms with Gasteiger partial charge in [-0.2, -0.15) is 25.3 Å². The van der Waals surface area contributed by atoms with Gasteiger partial charge in [0.05, 0.1) is 42.5 Å². The van der Waals surface area contributed by atoms with E-state index in [2.05, 4.69) is 15.5 Å². The predicted octanol–water partition coefficient (Wildman–Crippen LogP) is 4.98. The van der Waals surface area contributed by atoms with Crippen molar-refractivity contribution >= 4 is 117 Å². The van der Waals surface area contributed by atoms with Crippen molar-refractivity contribution in [2.75, 3.05) is 56.9 Å². The molecule has 3 rings (SSSR count). The van der Waals surface area contributed by atoms with Gasteiger partial charge in [0.2, 0.25) is 15.1 Å². The SMILES string of the molecule is CCOC(=O)/C(=N/OS(=O)(=O)c1ccc(C)cc1)SCC(=O)OCC(CC)(COC(=O)CS/C(=N\OS(=O)(=O)c1ccc(C)cc1)C(=O)OCC)COC(=O)CS/C(=N\OS(=O)(=O)c1ccc(C)cc1)C(=O)OCC. The highest BCUT2D eigenvalue weighted by molar-refractivity contribution is 8.16. The summed E-state index contributed by atoms with van der Waals surface area (Å²) in [6.07, 6.45) is -0.0605. The highest BCUT2D eigenvalue weighted by Gasteiger charge is 2.35. The molecule has 0 saturated heterocycles. The molecule has 0 bridgehead atoms. The Morgan fingerprint density at radius 3 is 0.867 bits per heavy atom. The van der Waals surface area contributed by atoms with Crippen LogP contribution in [0, 0.1) is 26.2 Å². The number of aryl methyl sites for hydroxylation is 3. The van der Waals surface area contributed by atoms with Crippen LogP contribution in [0.25, 0.3) is 0 Å². The average Bonchev–Trinajstić information content (AvgIpc) is 3.36. The number of nitrogens with zero attached hydrogens (tertiary/aromatic N) is 3. The Labute approximate surface area is 446 Å². The van der Waals surface area contributed by atoms with Crippen LogP contribution >= 0.6 is 35.3 Å².